The van der Waals surface area contributed by atoms with Gasteiger partial charge in [-0.3, -0.25) is 4.99 Å². The number of aliphatic imine (C=N–C) groups is 1. The largest absolute Gasteiger partial charge is 0.388 e. The van der Waals surface area contributed by atoms with Crippen LogP contribution in [-0.4, -0.2) is 45.5 Å². The molecule has 7 heteroatoms. The predicted octanol–water partition coefficient (Wildman–Crippen LogP) is 2.23. The minimum atomic E-state index is -0.487. The fourth-order valence-corrected chi connectivity index (χ4v) is 3.51. The minimum Gasteiger partial charge on any atom is -0.388 e. The molecule has 0 fully saturated rings. The summed E-state index contributed by atoms with van der Waals surface area (Å²) in [4.78, 5) is 4.59. The Labute approximate surface area is 167 Å². The Morgan fingerprint density at radius 1 is 1.18 bits per heavy atom. The third-order valence-electron chi connectivity index (χ3n) is 5.03. The Balaban J connectivity index is 1.48. The van der Waals surface area contributed by atoms with Crippen molar-refractivity contribution >= 4 is 5.96 Å². The van der Waals surface area contributed by atoms with Crippen LogP contribution in [0.15, 0.2) is 35.3 Å². The highest BCUT2D eigenvalue weighted by atomic mass is 16.3. The number of aromatic nitrogens is 3. The highest BCUT2D eigenvalue weighted by Gasteiger charge is 2.14. The summed E-state index contributed by atoms with van der Waals surface area (Å²) in [6.45, 7) is 5.20. The predicted molar refractivity (Wildman–Crippen MR) is 111 cm³/mol. The molecule has 7 nitrogen and oxygen atoms in total. The van der Waals surface area contributed by atoms with E-state index in [2.05, 4.69) is 37.3 Å². The van der Waals surface area contributed by atoms with Crippen molar-refractivity contribution in [1.82, 2.24) is 25.4 Å². The van der Waals surface area contributed by atoms with Gasteiger partial charge >= 0.3 is 0 Å². The van der Waals surface area contributed by atoms with Gasteiger partial charge in [0.2, 0.25) is 0 Å². The SMILES string of the molecule is CCNC(=NCCC(O)c1ccccc1)NCCc1nnc2n1CCCCC2. The van der Waals surface area contributed by atoms with Crippen LogP contribution in [0.3, 0.4) is 0 Å². The summed E-state index contributed by atoms with van der Waals surface area (Å²) >= 11 is 0. The first-order valence-corrected chi connectivity index (χ1v) is 10.4. The fraction of sp³-hybridized carbons (Fsp3) is 0.571. The molecule has 152 valence electrons. The molecule has 0 spiro atoms. The smallest absolute Gasteiger partial charge is 0.191 e. The summed E-state index contributed by atoms with van der Waals surface area (Å²) in [5.41, 5.74) is 0.933. The first kappa shape index (κ1) is 20.3. The monoisotopic (exact) mass is 384 g/mol. The lowest BCUT2D eigenvalue weighted by molar-refractivity contribution is 0.170. The first-order valence-electron chi connectivity index (χ1n) is 10.4. The van der Waals surface area contributed by atoms with Crippen molar-refractivity contribution in [2.45, 2.75) is 58.1 Å². The Bertz CT molecular complexity index is 743. The molecule has 1 atom stereocenters. The van der Waals surface area contributed by atoms with E-state index in [1.54, 1.807) is 0 Å². The maximum Gasteiger partial charge on any atom is 0.191 e. The molecular formula is C21H32N6O. The molecule has 1 aliphatic rings. The van der Waals surface area contributed by atoms with Crippen LogP contribution in [0.25, 0.3) is 0 Å². The summed E-state index contributed by atoms with van der Waals surface area (Å²) < 4.78 is 2.29. The number of aliphatic hydroxyl groups is 1. The van der Waals surface area contributed by atoms with Crippen molar-refractivity contribution in [3.63, 3.8) is 0 Å². The Morgan fingerprint density at radius 3 is 2.86 bits per heavy atom. The molecule has 1 aromatic heterocycles. The molecule has 0 radical (unpaired) electrons. The number of guanidine groups is 1. The van der Waals surface area contributed by atoms with Gasteiger partial charge in [-0.15, -0.1) is 10.2 Å². The molecule has 1 unspecified atom stereocenters. The van der Waals surface area contributed by atoms with Gasteiger partial charge in [-0.05, 0) is 31.7 Å². The van der Waals surface area contributed by atoms with Crippen LogP contribution in [0, 0.1) is 0 Å². The van der Waals surface area contributed by atoms with Gasteiger partial charge in [-0.25, -0.2) is 0 Å². The maximum absolute atomic E-state index is 10.3. The van der Waals surface area contributed by atoms with E-state index in [0.717, 1.165) is 55.6 Å². The molecule has 0 bridgehead atoms. The molecule has 0 aliphatic carbocycles. The van der Waals surface area contributed by atoms with Crippen LogP contribution in [0.5, 0.6) is 0 Å². The zero-order chi connectivity index (χ0) is 19.6. The van der Waals surface area contributed by atoms with Crippen molar-refractivity contribution in [2.75, 3.05) is 19.6 Å². The van der Waals surface area contributed by atoms with Crippen LogP contribution in [0.1, 0.15) is 55.9 Å². The molecule has 0 amide bonds. The summed E-state index contributed by atoms with van der Waals surface area (Å²) in [7, 11) is 0. The van der Waals surface area contributed by atoms with Gasteiger partial charge in [0.1, 0.15) is 11.6 Å². The highest BCUT2D eigenvalue weighted by Crippen LogP contribution is 2.16. The van der Waals surface area contributed by atoms with Crippen LogP contribution in [0.4, 0.5) is 0 Å². The number of hydrogen-bond donors (Lipinski definition) is 3. The summed E-state index contributed by atoms with van der Waals surface area (Å²) in [6.07, 6.45) is 5.66. The molecule has 2 heterocycles. The Kier molecular flexibility index (Phi) is 7.84. The second-order valence-electron chi connectivity index (χ2n) is 7.15. The topological polar surface area (TPSA) is 87.4 Å². The molecule has 28 heavy (non-hydrogen) atoms. The molecule has 0 saturated carbocycles. The van der Waals surface area contributed by atoms with Crippen molar-refractivity contribution in [3.8, 4) is 0 Å². The molecule has 1 aromatic carbocycles. The van der Waals surface area contributed by atoms with Gasteiger partial charge in [0.15, 0.2) is 5.96 Å². The average Bonchev–Trinajstić information content (AvgIpc) is 2.95. The molecule has 1 aliphatic heterocycles. The van der Waals surface area contributed by atoms with E-state index >= 15 is 0 Å². The van der Waals surface area contributed by atoms with Crippen LogP contribution in [-0.2, 0) is 19.4 Å². The lowest BCUT2D eigenvalue weighted by Crippen LogP contribution is -2.38. The van der Waals surface area contributed by atoms with E-state index in [4.69, 9.17) is 0 Å². The van der Waals surface area contributed by atoms with Crippen molar-refractivity contribution in [3.05, 3.63) is 47.5 Å². The standard InChI is InChI=1S/C21H32N6O/c1-2-22-21(23-14-12-18(28)17-9-5-3-6-10-17)24-15-13-20-26-25-19-11-7-4-8-16-27(19)20/h3,5-6,9-10,18,28H,2,4,7-8,11-16H2,1H3,(H2,22,23,24). The lowest BCUT2D eigenvalue weighted by Gasteiger charge is -2.13. The van der Waals surface area contributed by atoms with Crippen molar-refractivity contribution in [1.29, 1.82) is 0 Å². The van der Waals surface area contributed by atoms with Gasteiger partial charge in [0.05, 0.1) is 6.10 Å². The van der Waals surface area contributed by atoms with Crippen LogP contribution in [0.2, 0.25) is 0 Å². The second kappa shape index (κ2) is 10.8. The molecule has 0 saturated heterocycles. The zero-order valence-corrected chi connectivity index (χ0v) is 16.8. The van der Waals surface area contributed by atoms with Gasteiger partial charge in [-0.1, -0.05) is 36.8 Å². The maximum atomic E-state index is 10.3. The van der Waals surface area contributed by atoms with E-state index < -0.39 is 6.10 Å². The van der Waals surface area contributed by atoms with Gasteiger partial charge < -0.3 is 20.3 Å². The van der Waals surface area contributed by atoms with Gasteiger partial charge in [0, 0.05) is 39.0 Å². The van der Waals surface area contributed by atoms with E-state index in [1.807, 2.05) is 30.3 Å². The number of benzene rings is 1. The Hall–Kier alpha value is -2.41. The van der Waals surface area contributed by atoms with Gasteiger partial charge in [-0.2, -0.15) is 0 Å². The minimum absolute atomic E-state index is 0.487. The van der Waals surface area contributed by atoms with E-state index in [9.17, 15) is 5.11 Å². The van der Waals surface area contributed by atoms with Crippen LogP contribution >= 0.6 is 0 Å². The van der Waals surface area contributed by atoms with E-state index in [-0.39, 0.29) is 0 Å². The normalized spacial score (nSPS) is 15.6. The number of nitrogens with one attached hydrogen (secondary N) is 2. The van der Waals surface area contributed by atoms with Crippen molar-refractivity contribution < 1.29 is 5.11 Å². The second-order valence-corrected chi connectivity index (χ2v) is 7.15. The van der Waals surface area contributed by atoms with Crippen LogP contribution < -0.4 is 10.6 Å². The third kappa shape index (κ3) is 5.79. The van der Waals surface area contributed by atoms with E-state index in [1.165, 1.54) is 19.3 Å². The number of nitrogens with zero attached hydrogens (tertiary/aromatic N) is 4. The van der Waals surface area contributed by atoms with Crippen molar-refractivity contribution in [2.24, 2.45) is 4.99 Å². The number of aryl methyl sites for hydroxylation is 1. The summed E-state index contributed by atoms with van der Waals surface area (Å²) in [6, 6.07) is 9.73. The summed E-state index contributed by atoms with van der Waals surface area (Å²) in [5, 5.41) is 25.6. The van der Waals surface area contributed by atoms with Gasteiger partial charge in [0.25, 0.3) is 0 Å². The summed E-state index contributed by atoms with van der Waals surface area (Å²) in [5.74, 6) is 2.96. The average molecular weight is 385 g/mol. The molecule has 3 N–H and O–H groups in total. The van der Waals surface area contributed by atoms with E-state index in [0.29, 0.717) is 13.0 Å². The Morgan fingerprint density at radius 2 is 2.04 bits per heavy atom. The first-order chi connectivity index (χ1) is 13.8. The number of rotatable bonds is 8. The molecule has 3 rings (SSSR count). The number of hydrogen-bond acceptors (Lipinski definition) is 4. The molecule has 2 aromatic rings. The zero-order valence-electron chi connectivity index (χ0n) is 16.8. The number of fused-ring (bicyclic) bond motifs is 1. The highest BCUT2D eigenvalue weighted by molar-refractivity contribution is 5.79. The quantitative estimate of drug-likeness (QED) is 0.480. The number of aliphatic hydroxyl groups excluding tert-OH is 1. The molecular weight excluding hydrogens is 352 g/mol. The lowest BCUT2D eigenvalue weighted by atomic mass is 10.1. The third-order valence-corrected chi connectivity index (χ3v) is 5.03. The fourth-order valence-electron chi connectivity index (χ4n) is 3.51.